The maximum absolute atomic E-state index is 10.1. The van der Waals surface area contributed by atoms with Crippen LogP contribution in [0.25, 0.3) is 11.1 Å². The fraction of sp³-hybridized carbons (Fsp3) is 0.250. The van der Waals surface area contributed by atoms with E-state index in [1.165, 1.54) is 11.8 Å². The second-order valence-corrected chi connectivity index (χ2v) is 9.39. The van der Waals surface area contributed by atoms with E-state index in [0.29, 0.717) is 58.8 Å². The summed E-state index contributed by atoms with van der Waals surface area (Å²) in [5, 5.41) is 23.8. The molecule has 0 spiro atoms. The van der Waals surface area contributed by atoms with E-state index in [-0.39, 0.29) is 21.5 Å². The van der Waals surface area contributed by atoms with Gasteiger partial charge in [0.25, 0.3) is 0 Å². The molecule has 0 unspecified atom stereocenters. The first-order chi connectivity index (χ1) is 16.2. The molecule has 1 aliphatic heterocycles. The van der Waals surface area contributed by atoms with E-state index < -0.39 is 0 Å². The van der Waals surface area contributed by atoms with E-state index in [1.807, 2.05) is 49.6 Å². The standard InChI is InChI=1S/C24H23IN5O2S/c1-3-28-23-20(14-26)22(18-6-8-19(9-7-18)32-12-11-31-2)21(15-27)24(30-23)33-16-17-5-4-10-29-25-13-17/h4-10,13H,3,11-12,16H2,1-2H3,(H,28,30)/q-1. The van der Waals surface area contributed by atoms with Crippen LogP contribution in [0.5, 0.6) is 5.75 Å². The van der Waals surface area contributed by atoms with Gasteiger partial charge in [0, 0.05) is 7.11 Å². The molecular formula is C24H23IN5O2S-. The van der Waals surface area contributed by atoms with Gasteiger partial charge in [0.1, 0.15) is 6.61 Å². The number of nitriles is 2. The van der Waals surface area contributed by atoms with E-state index in [1.54, 1.807) is 7.11 Å². The first-order valence-electron chi connectivity index (χ1n) is 10.2. The van der Waals surface area contributed by atoms with Crippen molar-refractivity contribution in [3.63, 3.8) is 0 Å². The molecule has 0 aliphatic carbocycles. The van der Waals surface area contributed by atoms with Crippen molar-refractivity contribution in [3.8, 4) is 29.0 Å². The summed E-state index contributed by atoms with van der Waals surface area (Å²) in [4.78, 5) is 4.66. The van der Waals surface area contributed by atoms with Crippen molar-refractivity contribution in [2.45, 2.75) is 11.9 Å². The van der Waals surface area contributed by atoms with Gasteiger partial charge >= 0.3 is 185 Å². The molecule has 9 heteroatoms. The number of aromatic nitrogens is 1. The molecule has 3 rings (SSSR count). The number of nitrogens with zero attached hydrogens (tertiary/aromatic N) is 4. The van der Waals surface area contributed by atoms with Gasteiger partial charge in [0.15, 0.2) is 0 Å². The number of allylic oxidation sites excluding steroid dienone is 2. The molecule has 0 amide bonds. The maximum atomic E-state index is 10.1. The van der Waals surface area contributed by atoms with Crippen molar-refractivity contribution in [2.75, 3.05) is 37.9 Å². The SMILES string of the molecule is CCNc1nc(SCC2=C[I-]N=CC=C2)c(C#N)c(-c2ccc(OCCOC)cc2)c1C#N. The Labute approximate surface area is 208 Å². The monoisotopic (exact) mass is 572 g/mol. The zero-order chi connectivity index (χ0) is 23.5. The third-order valence-corrected chi connectivity index (χ3v) is 7.27. The van der Waals surface area contributed by atoms with Crippen molar-refractivity contribution >= 4 is 23.8 Å². The predicted octanol–water partition coefficient (Wildman–Crippen LogP) is 1.57. The molecule has 170 valence electrons. The number of hydrogen-bond donors (Lipinski definition) is 1. The number of benzene rings is 1. The quantitative estimate of drug-likeness (QED) is 0.262. The molecule has 0 saturated heterocycles. The molecule has 0 saturated carbocycles. The summed E-state index contributed by atoms with van der Waals surface area (Å²) in [5.41, 5.74) is 3.26. The van der Waals surface area contributed by atoms with E-state index in [9.17, 15) is 10.5 Å². The van der Waals surface area contributed by atoms with Gasteiger partial charge in [-0.2, -0.15) is 0 Å². The number of nitrogens with one attached hydrogen (secondary N) is 1. The Morgan fingerprint density at radius 3 is 2.61 bits per heavy atom. The fourth-order valence-corrected chi connectivity index (χ4v) is 5.56. The molecule has 0 bridgehead atoms. The molecule has 2 heterocycles. The number of rotatable bonds is 10. The average Bonchev–Trinajstić information content (AvgIpc) is 3.12. The van der Waals surface area contributed by atoms with Crippen molar-refractivity contribution in [1.29, 1.82) is 10.5 Å². The van der Waals surface area contributed by atoms with Gasteiger partial charge in [-0.3, -0.25) is 0 Å². The molecule has 1 aliphatic rings. The molecule has 1 aromatic heterocycles. The van der Waals surface area contributed by atoms with Gasteiger partial charge in [-0.1, -0.05) is 0 Å². The molecule has 33 heavy (non-hydrogen) atoms. The van der Waals surface area contributed by atoms with Gasteiger partial charge in [0.2, 0.25) is 0 Å². The van der Waals surface area contributed by atoms with Crippen molar-refractivity contribution in [3.05, 3.63) is 57.2 Å². The van der Waals surface area contributed by atoms with Crippen LogP contribution in [0.3, 0.4) is 0 Å². The van der Waals surface area contributed by atoms with Crippen LogP contribution >= 0.6 is 11.8 Å². The third-order valence-electron chi connectivity index (χ3n) is 4.50. The van der Waals surface area contributed by atoms with Gasteiger partial charge in [0.05, 0.1) is 6.61 Å². The normalized spacial score (nSPS) is 12.7. The van der Waals surface area contributed by atoms with Crippen LogP contribution in [-0.2, 0) is 4.74 Å². The Kier molecular flexibility index (Phi) is 9.76. The number of halogens is 1. The van der Waals surface area contributed by atoms with Crippen molar-refractivity contribution < 1.29 is 31.0 Å². The van der Waals surface area contributed by atoms with E-state index in [4.69, 9.17) is 9.47 Å². The van der Waals surface area contributed by atoms with Crippen molar-refractivity contribution in [1.82, 2.24) is 4.98 Å². The van der Waals surface area contributed by atoms with E-state index in [2.05, 4.69) is 29.7 Å². The summed E-state index contributed by atoms with van der Waals surface area (Å²) in [6.07, 6.45) is 5.79. The number of pyridine rings is 1. The Balaban J connectivity index is 2.01. The zero-order valence-corrected chi connectivity index (χ0v) is 21.3. The third kappa shape index (κ3) is 6.57. The summed E-state index contributed by atoms with van der Waals surface area (Å²) in [7, 11) is 1.62. The summed E-state index contributed by atoms with van der Waals surface area (Å²) in [6, 6.07) is 11.9. The second-order valence-electron chi connectivity index (χ2n) is 6.69. The topological polar surface area (TPSA) is 103 Å². The number of hydrogen-bond acceptors (Lipinski definition) is 8. The molecule has 7 nitrogen and oxygen atoms in total. The first-order valence-corrected chi connectivity index (χ1v) is 13.4. The van der Waals surface area contributed by atoms with E-state index in [0.717, 1.165) is 11.1 Å². The second kappa shape index (κ2) is 13.0. The Morgan fingerprint density at radius 2 is 1.91 bits per heavy atom. The molecule has 2 aromatic rings. The van der Waals surface area contributed by atoms with Crippen LogP contribution in [0.4, 0.5) is 5.82 Å². The van der Waals surface area contributed by atoms with E-state index >= 15 is 0 Å². The predicted molar refractivity (Wildman–Crippen MR) is 127 cm³/mol. The van der Waals surface area contributed by atoms with Crippen LogP contribution < -0.4 is 31.5 Å². The summed E-state index contributed by atoms with van der Waals surface area (Å²) in [5.74, 6) is 1.85. The summed E-state index contributed by atoms with van der Waals surface area (Å²) in [6.45, 7) is 3.50. The molecule has 0 fully saturated rings. The first kappa shape index (κ1) is 24.8. The summed E-state index contributed by atoms with van der Waals surface area (Å²) >= 11 is 1.14. The average molecular weight is 572 g/mol. The molecule has 1 N–H and O–H groups in total. The van der Waals surface area contributed by atoms with Crippen LogP contribution in [0, 0.1) is 22.7 Å². The van der Waals surface area contributed by atoms with Gasteiger partial charge < -0.3 is 4.74 Å². The van der Waals surface area contributed by atoms with Crippen LogP contribution in [0.1, 0.15) is 18.1 Å². The molecule has 1 aromatic carbocycles. The number of ether oxygens (including phenoxy) is 2. The minimum absolute atomic E-state index is 0.349. The minimum atomic E-state index is -0.349. The molecule has 0 atom stereocenters. The van der Waals surface area contributed by atoms with Crippen molar-refractivity contribution in [2.24, 2.45) is 3.21 Å². The Morgan fingerprint density at radius 1 is 1.12 bits per heavy atom. The van der Waals surface area contributed by atoms with Crippen LogP contribution in [0.2, 0.25) is 0 Å². The number of anilines is 1. The summed E-state index contributed by atoms with van der Waals surface area (Å²) < 4.78 is 17.2. The fourth-order valence-electron chi connectivity index (χ4n) is 3.02. The zero-order valence-electron chi connectivity index (χ0n) is 18.3. The van der Waals surface area contributed by atoms with Crippen LogP contribution in [0.15, 0.2) is 54.3 Å². The Hall–Kier alpha value is -2.86. The van der Waals surface area contributed by atoms with Gasteiger partial charge in [-0.05, 0) is 0 Å². The van der Waals surface area contributed by atoms with Gasteiger partial charge in [-0.25, -0.2) is 0 Å². The Bertz CT molecular complexity index is 1150. The van der Waals surface area contributed by atoms with Crippen LogP contribution in [-0.4, -0.2) is 43.8 Å². The van der Waals surface area contributed by atoms with Gasteiger partial charge in [-0.15, -0.1) is 0 Å². The molecule has 0 radical (unpaired) electrons. The number of thioether (sulfide) groups is 1. The number of methoxy groups -OCH3 is 1. The molecular weight excluding hydrogens is 549 g/mol.